The monoisotopic (exact) mass is 544 g/mol. The highest BCUT2D eigenvalue weighted by atomic mass is 32.2. The molecule has 2 saturated heterocycles. The second-order valence-electron chi connectivity index (χ2n) is 10.9. The van der Waals surface area contributed by atoms with Gasteiger partial charge < -0.3 is 19.0 Å². The average Bonchev–Trinajstić information content (AvgIpc) is 3.38. The fraction of sp³-hybridized carbons (Fsp3) is 0.607. The van der Waals surface area contributed by atoms with Gasteiger partial charge in [0.05, 0.1) is 24.1 Å². The number of aryl methyl sites for hydroxylation is 2. The molecular formula is C28H40N4O5S. The van der Waals surface area contributed by atoms with E-state index in [1.54, 1.807) is 39.2 Å². The summed E-state index contributed by atoms with van der Waals surface area (Å²) in [6.07, 6.45) is 5.73. The van der Waals surface area contributed by atoms with Crippen molar-refractivity contribution < 1.29 is 22.4 Å². The van der Waals surface area contributed by atoms with Gasteiger partial charge in [-0.25, -0.2) is 8.42 Å². The van der Waals surface area contributed by atoms with Crippen molar-refractivity contribution >= 4 is 15.9 Å². The van der Waals surface area contributed by atoms with Crippen LogP contribution in [0.2, 0.25) is 0 Å². The maximum Gasteiger partial charge on any atom is 0.257 e. The largest absolute Gasteiger partial charge is 0.497 e. The van der Waals surface area contributed by atoms with E-state index in [9.17, 15) is 13.2 Å². The zero-order valence-electron chi connectivity index (χ0n) is 22.8. The Hall–Kier alpha value is -2.40. The molecule has 1 aromatic carbocycles. The van der Waals surface area contributed by atoms with E-state index in [-0.39, 0.29) is 18.5 Å². The van der Waals surface area contributed by atoms with Crippen molar-refractivity contribution in [2.75, 3.05) is 59.5 Å². The summed E-state index contributed by atoms with van der Waals surface area (Å²) in [5, 5.41) is 0. The van der Waals surface area contributed by atoms with Crippen LogP contribution in [0.5, 0.6) is 5.75 Å². The van der Waals surface area contributed by atoms with Gasteiger partial charge in [0.25, 0.3) is 5.91 Å². The molecular weight excluding hydrogens is 504 g/mol. The summed E-state index contributed by atoms with van der Waals surface area (Å²) in [5.74, 6) is 1.07. The SMILES string of the molecule is COc1cc(C)c(S(=O)(=O)N(Cc2cc(C(=O)N3CCN(CCN4CCCC4)CC3)co2)C2CC2)c(C)c1. The maximum absolute atomic E-state index is 13.8. The average molecular weight is 545 g/mol. The van der Waals surface area contributed by atoms with Crippen LogP contribution in [0.4, 0.5) is 0 Å². The van der Waals surface area contributed by atoms with E-state index in [2.05, 4.69) is 9.80 Å². The predicted molar refractivity (Wildman–Crippen MR) is 145 cm³/mol. The van der Waals surface area contributed by atoms with E-state index >= 15 is 0 Å². The molecule has 0 unspecified atom stereocenters. The number of methoxy groups -OCH3 is 1. The minimum absolute atomic E-state index is 0.0538. The number of hydrogen-bond donors (Lipinski definition) is 0. The lowest BCUT2D eigenvalue weighted by atomic mass is 10.1. The van der Waals surface area contributed by atoms with Crippen LogP contribution in [0.3, 0.4) is 0 Å². The Kier molecular flexibility index (Phi) is 8.14. The fourth-order valence-corrected chi connectivity index (χ4v) is 7.77. The molecule has 208 valence electrons. The van der Waals surface area contributed by atoms with E-state index in [1.807, 2.05) is 4.90 Å². The Morgan fingerprint density at radius 3 is 2.16 bits per heavy atom. The smallest absolute Gasteiger partial charge is 0.257 e. The molecule has 5 rings (SSSR count). The molecule has 2 aromatic rings. The van der Waals surface area contributed by atoms with Crippen LogP contribution >= 0.6 is 0 Å². The molecule has 1 saturated carbocycles. The van der Waals surface area contributed by atoms with Gasteiger partial charge in [-0.3, -0.25) is 9.69 Å². The third-order valence-electron chi connectivity index (χ3n) is 7.99. The highest BCUT2D eigenvalue weighted by molar-refractivity contribution is 7.89. The van der Waals surface area contributed by atoms with Crippen LogP contribution in [0.25, 0.3) is 0 Å². The third-order valence-corrected chi connectivity index (χ3v) is 10.2. The number of rotatable bonds is 10. The van der Waals surface area contributed by atoms with Gasteiger partial charge in [0.15, 0.2) is 0 Å². The molecule has 38 heavy (non-hydrogen) atoms. The first-order valence-electron chi connectivity index (χ1n) is 13.7. The first-order valence-corrected chi connectivity index (χ1v) is 15.2. The minimum Gasteiger partial charge on any atom is -0.497 e. The van der Waals surface area contributed by atoms with Gasteiger partial charge in [-0.1, -0.05) is 0 Å². The van der Waals surface area contributed by atoms with Gasteiger partial charge >= 0.3 is 0 Å². The number of likely N-dealkylation sites (tertiary alicyclic amines) is 1. The number of carbonyl (C=O) groups excluding carboxylic acids is 1. The molecule has 3 fully saturated rings. The fourth-order valence-electron chi connectivity index (χ4n) is 5.70. The second kappa shape index (κ2) is 11.4. The van der Waals surface area contributed by atoms with Crippen LogP contribution in [-0.4, -0.2) is 98.8 Å². The van der Waals surface area contributed by atoms with E-state index in [4.69, 9.17) is 9.15 Å². The lowest BCUT2D eigenvalue weighted by Gasteiger charge is -2.35. The zero-order chi connectivity index (χ0) is 26.9. The van der Waals surface area contributed by atoms with Crippen molar-refractivity contribution in [1.29, 1.82) is 0 Å². The Morgan fingerprint density at radius 1 is 0.974 bits per heavy atom. The first kappa shape index (κ1) is 27.2. The van der Waals surface area contributed by atoms with Crippen molar-refractivity contribution in [2.24, 2.45) is 0 Å². The molecule has 3 aliphatic rings. The van der Waals surface area contributed by atoms with Crippen molar-refractivity contribution in [3.05, 3.63) is 46.9 Å². The number of nitrogens with zero attached hydrogens (tertiary/aromatic N) is 4. The molecule has 3 heterocycles. The quantitative estimate of drug-likeness (QED) is 0.454. The molecule has 0 bridgehead atoms. The molecule has 1 aromatic heterocycles. The number of ether oxygens (including phenoxy) is 1. The Labute approximate surface area is 226 Å². The van der Waals surface area contributed by atoms with Gasteiger partial charge in [0.2, 0.25) is 10.0 Å². The molecule has 0 radical (unpaired) electrons. The molecule has 10 heteroatoms. The summed E-state index contributed by atoms with van der Waals surface area (Å²) < 4.78 is 40.1. The van der Waals surface area contributed by atoms with Gasteiger partial charge in [-0.15, -0.1) is 0 Å². The lowest BCUT2D eigenvalue weighted by Crippen LogP contribution is -2.50. The van der Waals surface area contributed by atoms with Gasteiger partial charge in [-0.05, 0) is 81.9 Å². The van der Waals surface area contributed by atoms with E-state index < -0.39 is 10.0 Å². The number of amides is 1. The summed E-state index contributed by atoms with van der Waals surface area (Å²) in [5.41, 5.74) is 1.79. The Balaban J connectivity index is 1.22. The molecule has 9 nitrogen and oxygen atoms in total. The van der Waals surface area contributed by atoms with Crippen molar-refractivity contribution in [2.45, 2.75) is 57.0 Å². The Morgan fingerprint density at radius 2 is 1.58 bits per heavy atom. The zero-order valence-corrected chi connectivity index (χ0v) is 23.6. The number of carbonyl (C=O) groups is 1. The summed E-state index contributed by atoms with van der Waals surface area (Å²) in [6.45, 7) is 11.4. The second-order valence-corrected chi connectivity index (χ2v) is 12.7. The van der Waals surface area contributed by atoms with E-state index in [0.717, 1.165) is 39.0 Å². The normalized spacial score (nSPS) is 19.4. The van der Waals surface area contributed by atoms with Crippen molar-refractivity contribution in [3.8, 4) is 5.75 Å². The van der Waals surface area contributed by atoms with Gasteiger partial charge in [0, 0.05) is 45.3 Å². The topological polar surface area (TPSA) is 86.5 Å². The first-order chi connectivity index (χ1) is 18.3. The minimum atomic E-state index is -3.76. The molecule has 0 N–H and O–H groups in total. The lowest BCUT2D eigenvalue weighted by molar-refractivity contribution is 0.0626. The Bertz CT molecular complexity index is 1220. The van der Waals surface area contributed by atoms with Crippen LogP contribution in [0, 0.1) is 13.8 Å². The van der Waals surface area contributed by atoms with Gasteiger partial charge in [-0.2, -0.15) is 4.31 Å². The maximum atomic E-state index is 13.8. The van der Waals surface area contributed by atoms with E-state index in [0.29, 0.717) is 46.2 Å². The standard InChI is InChI=1S/C28H40N4O5S/c1-21-16-25(36-3)17-22(2)27(21)38(34,35)32(24-6-7-24)19-26-18-23(20-37-26)28(33)31-14-12-30(13-15-31)11-10-29-8-4-5-9-29/h16-18,20,24H,4-15,19H2,1-3H3. The number of sulfonamides is 1. The summed E-state index contributed by atoms with van der Waals surface area (Å²) in [4.78, 5) is 20.3. The molecule has 0 spiro atoms. The van der Waals surface area contributed by atoms with Gasteiger partial charge in [0.1, 0.15) is 17.8 Å². The van der Waals surface area contributed by atoms with Crippen molar-refractivity contribution in [3.63, 3.8) is 0 Å². The van der Waals surface area contributed by atoms with Crippen LogP contribution < -0.4 is 4.74 Å². The number of furan rings is 1. The molecule has 2 aliphatic heterocycles. The summed E-state index contributed by atoms with van der Waals surface area (Å²) in [6, 6.07) is 5.15. The predicted octanol–water partition coefficient (Wildman–Crippen LogP) is 3.11. The third kappa shape index (κ3) is 5.93. The number of benzene rings is 1. The van der Waals surface area contributed by atoms with Crippen LogP contribution in [0.15, 0.2) is 33.8 Å². The summed E-state index contributed by atoms with van der Waals surface area (Å²) in [7, 11) is -2.18. The number of hydrogen-bond acceptors (Lipinski definition) is 7. The molecule has 1 aliphatic carbocycles. The highest BCUT2D eigenvalue weighted by Crippen LogP contribution is 2.36. The summed E-state index contributed by atoms with van der Waals surface area (Å²) >= 11 is 0. The molecule has 1 amide bonds. The van der Waals surface area contributed by atoms with Crippen LogP contribution in [0.1, 0.15) is 52.9 Å². The van der Waals surface area contributed by atoms with Crippen molar-refractivity contribution in [1.82, 2.24) is 19.0 Å². The molecule has 0 atom stereocenters. The van der Waals surface area contributed by atoms with E-state index in [1.165, 1.54) is 36.5 Å². The number of piperazine rings is 1. The van der Waals surface area contributed by atoms with Crippen LogP contribution in [-0.2, 0) is 16.6 Å². The highest BCUT2D eigenvalue weighted by Gasteiger charge is 2.40.